The van der Waals surface area contributed by atoms with E-state index in [4.69, 9.17) is 0 Å². The van der Waals surface area contributed by atoms with Crippen LogP contribution in [0.5, 0.6) is 0 Å². The number of para-hydroxylation sites is 1. The lowest BCUT2D eigenvalue weighted by atomic mass is 10.2. The summed E-state index contributed by atoms with van der Waals surface area (Å²) in [6.45, 7) is 3.36. The topological polar surface area (TPSA) is 88.1 Å². The van der Waals surface area contributed by atoms with Gasteiger partial charge in [-0.05, 0) is 26.0 Å². The van der Waals surface area contributed by atoms with Gasteiger partial charge >= 0.3 is 6.03 Å². The molecule has 122 valence electrons. The first-order valence-corrected chi connectivity index (χ1v) is 7.02. The zero-order valence-corrected chi connectivity index (χ0v) is 13.1. The van der Waals surface area contributed by atoms with E-state index in [0.29, 0.717) is 17.1 Å². The lowest BCUT2D eigenvalue weighted by molar-refractivity contribution is -0.120. The first kappa shape index (κ1) is 16.5. The number of nitrogens with one attached hydrogen (secondary N) is 3. The molecule has 1 unspecified atom stereocenters. The van der Waals surface area contributed by atoms with E-state index in [1.165, 1.54) is 24.0 Å². The maximum atomic E-state index is 13.8. The Kier molecular flexibility index (Phi) is 4.95. The summed E-state index contributed by atoms with van der Waals surface area (Å²) in [6, 6.07) is 5.03. The maximum Gasteiger partial charge on any atom is 0.321 e. The SMILES string of the molecule is CNC(=O)NC(=O)C(C)Nc1cnn(-c2ccccc2F)c1C. The van der Waals surface area contributed by atoms with Gasteiger partial charge in [-0.15, -0.1) is 0 Å². The number of carbonyl (C=O) groups is 2. The number of benzene rings is 1. The van der Waals surface area contributed by atoms with Crippen molar-refractivity contribution in [1.82, 2.24) is 20.4 Å². The number of urea groups is 1. The Labute approximate surface area is 132 Å². The minimum absolute atomic E-state index is 0.320. The number of aromatic nitrogens is 2. The van der Waals surface area contributed by atoms with E-state index >= 15 is 0 Å². The van der Waals surface area contributed by atoms with E-state index in [-0.39, 0.29) is 0 Å². The number of carbonyl (C=O) groups excluding carboxylic acids is 2. The first-order valence-electron chi connectivity index (χ1n) is 7.02. The number of halogens is 1. The van der Waals surface area contributed by atoms with Crippen LogP contribution in [0.1, 0.15) is 12.6 Å². The van der Waals surface area contributed by atoms with Crippen molar-refractivity contribution in [3.63, 3.8) is 0 Å². The van der Waals surface area contributed by atoms with E-state index in [1.54, 1.807) is 32.0 Å². The summed E-state index contributed by atoms with van der Waals surface area (Å²) in [5, 5.41) is 11.6. The van der Waals surface area contributed by atoms with Gasteiger partial charge in [0.15, 0.2) is 0 Å². The highest BCUT2D eigenvalue weighted by Crippen LogP contribution is 2.20. The van der Waals surface area contributed by atoms with Gasteiger partial charge in [0.2, 0.25) is 5.91 Å². The smallest absolute Gasteiger partial charge is 0.321 e. The van der Waals surface area contributed by atoms with E-state index in [0.717, 1.165) is 0 Å². The average Bonchev–Trinajstić information content (AvgIpc) is 2.88. The normalized spacial score (nSPS) is 11.7. The van der Waals surface area contributed by atoms with Crippen molar-refractivity contribution in [2.24, 2.45) is 0 Å². The van der Waals surface area contributed by atoms with Crippen LogP contribution in [0.25, 0.3) is 5.69 Å². The molecule has 7 nitrogen and oxygen atoms in total. The molecule has 0 spiro atoms. The van der Waals surface area contributed by atoms with Crippen LogP contribution in [0.3, 0.4) is 0 Å². The molecule has 2 aromatic rings. The Morgan fingerprint density at radius 2 is 2.00 bits per heavy atom. The van der Waals surface area contributed by atoms with Crippen LogP contribution < -0.4 is 16.0 Å². The standard InChI is InChI=1S/C15H18FN5O2/c1-9(14(22)20-15(23)17-3)19-12-8-18-21(10(12)2)13-7-5-4-6-11(13)16/h4-9,19H,1-3H3,(H2,17,20,22,23). The zero-order valence-electron chi connectivity index (χ0n) is 13.1. The summed E-state index contributed by atoms with van der Waals surface area (Å²) in [5.41, 5.74) is 1.54. The molecule has 0 saturated heterocycles. The number of amides is 3. The van der Waals surface area contributed by atoms with E-state index in [9.17, 15) is 14.0 Å². The van der Waals surface area contributed by atoms with Gasteiger partial charge in [-0.25, -0.2) is 13.9 Å². The molecular weight excluding hydrogens is 301 g/mol. The summed E-state index contributed by atoms with van der Waals surface area (Å²) in [5.74, 6) is -0.877. The first-order chi connectivity index (χ1) is 10.9. The third-order valence-electron chi connectivity index (χ3n) is 3.32. The lowest BCUT2D eigenvalue weighted by Gasteiger charge is -2.14. The van der Waals surface area contributed by atoms with E-state index in [2.05, 4.69) is 21.0 Å². The summed E-state index contributed by atoms with van der Waals surface area (Å²) in [4.78, 5) is 23.0. The van der Waals surface area contributed by atoms with Gasteiger partial charge in [0.1, 0.15) is 17.5 Å². The van der Waals surface area contributed by atoms with Crippen LogP contribution in [0.4, 0.5) is 14.9 Å². The molecule has 1 atom stereocenters. The minimum Gasteiger partial charge on any atom is -0.371 e. The highest BCUT2D eigenvalue weighted by atomic mass is 19.1. The molecule has 3 amide bonds. The van der Waals surface area contributed by atoms with Gasteiger partial charge < -0.3 is 10.6 Å². The van der Waals surface area contributed by atoms with Crippen molar-refractivity contribution in [2.45, 2.75) is 19.9 Å². The number of hydrogen-bond donors (Lipinski definition) is 3. The largest absolute Gasteiger partial charge is 0.371 e. The molecule has 8 heteroatoms. The molecule has 1 aromatic heterocycles. The Balaban J connectivity index is 2.15. The van der Waals surface area contributed by atoms with Crippen LogP contribution in [-0.4, -0.2) is 34.8 Å². The molecule has 0 saturated carbocycles. The monoisotopic (exact) mass is 319 g/mol. The van der Waals surface area contributed by atoms with Crippen molar-refractivity contribution in [2.75, 3.05) is 12.4 Å². The zero-order chi connectivity index (χ0) is 17.0. The van der Waals surface area contributed by atoms with Crippen molar-refractivity contribution < 1.29 is 14.0 Å². The third-order valence-corrected chi connectivity index (χ3v) is 3.32. The second-order valence-corrected chi connectivity index (χ2v) is 4.94. The fourth-order valence-corrected chi connectivity index (χ4v) is 2.00. The Bertz CT molecular complexity index is 728. The predicted molar refractivity (Wildman–Crippen MR) is 83.9 cm³/mol. The minimum atomic E-state index is -0.663. The fourth-order valence-electron chi connectivity index (χ4n) is 2.00. The Hall–Kier alpha value is -2.90. The molecule has 0 radical (unpaired) electrons. The molecule has 23 heavy (non-hydrogen) atoms. The molecule has 0 bridgehead atoms. The maximum absolute atomic E-state index is 13.8. The highest BCUT2D eigenvalue weighted by molar-refractivity contribution is 5.97. The predicted octanol–water partition coefficient (Wildman–Crippen LogP) is 1.58. The number of rotatable bonds is 4. The molecule has 3 N–H and O–H groups in total. The van der Waals surface area contributed by atoms with Crippen molar-refractivity contribution >= 4 is 17.6 Å². The van der Waals surface area contributed by atoms with Gasteiger partial charge in [0.05, 0.1) is 17.6 Å². The number of imide groups is 1. The van der Waals surface area contributed by atoms with E-state index in [1.807, 2.05) is 0 Å². The van der Waals surface area contributed by atoms with Gasteiger partial charge in [0, 0.05) is 7.05 Å². The van der Waals surface area contributed by atoms with Gasteiger partial charge in [-0.3, -0.25) is 10.1 Å². The second-order valence-electron chi connectivity index (χ2n) is 4.94. The Morgan fingerprint density at radius 3 is 2.65 bits per heavy atom. The number of nitrogens with zero attached hydrogens (tertiary/aromatic N) is 2. The second kappa shape index (κ2) is 6.91. The van der Waals surface area contributed by atoms with Gasteiger partial charge in [-0.2, -0.15) is 5.10 Å². The molecule has 1 aromatic carbocycles. The van der Waals surface area contributed by atoms with Crippen LogP contribution in [0.2, 0.25) is 0 Å². The average molecular weight is 319 g/mol. The van der Waals surface area contributed by atoms with Gasteiger partial charge in [-0.1, -0.05) is 12.1 Å². The fraction of sp³-hybridized carbons (Fsp3) is 0.267. The molecule has 2 rings (SSSR count). The van der Waals surface area contributed by atoms with Crippen LogP contribution in [-0.2, 0) is 4.79 Å². The lowest BCUT2D eigenvalue weighted by Crippen LogP contribution is -2.44. The van der Waals surface area contributed by atoms with Crippen LogP contribution >= 0.6 is 0 Å². The van der Waals surface area contributed by atoms with Crippen LogP contribution in [0, 0.1) is 12.7 Å². The molecule has 0 aliphatic rings. The highest BCUT2D eigenvalue weighted by Gasteiger charge is 2.18. The molecular formula is C15H18FN5O2. The summed E-state index contributed by atoms with van der Waals surface area (Å²) >= 11 is 0. The third kappa shape index (κ3) is 3.65. The molecule has 0 fully saturated rings. The van der Waals surface area contributed by atoms with Crippen molar-refractivity contribution in [1.29, 1.82) is 0 Å². The van der Waals surface area contributed by atoms with Crippen LogP contribution in [0.15, 0.2) is 30.5 Å². The molecule has 1 heterocycles. The molecule has 0 aliphatic carbocycles. The summed E-state index contributed by atoms with van der Waals surface area (Å²) < 4.78 is 15.3. The van der Waals surface area contributed by atoms with Crippen molar-refractivity contribution in [3.05, 3.63) is 42.0 Å². The Morgan fingerprint density at radius 1 is 1.30 bits per heavy atom. The van der Waals surface area contributed by atoms with Crippen molar-refractivity contribution in [3.8, 4) is 5.69 Å². The number of hydrogen-bond acceptors (Lipinski definition) is 4. The van der Waals surface area contributed by atoms with E-state index < -0.39 is 23.8 Å². The van der Waals surface area contributed by atoms with Gasteiger partial charge in [0.25, 0.3) is 0 Å². The number of anilines is 1. The quantitative estimate of drug-likeness (QED) is 0.798. The molecule has 0 aliphatic heterocycles. The summed E-state index contributed by atoms with van der Waals surface area (Å²) in [7, 11) is 1.42. The summed E-state index contributed by atoms with van der Waals surface area (Å²) in [6.07, 6.45) is 1.51.